The highest BCUT2D eigenvalue weighted by atomic mass is 19.1. The molecule has 14 heavy (non-hydrogen) atoms. The van der Waals surface area contributed by atoms with Gasteiger partial charge in [-0.3, -0.25) is 4.79 Å². The fourth-order valence-electron chi connectivity index (χ4n) is 1.13. The van der Waals surface area contributed by atoms with Crippen molar-refractivity contribution < 1.29 is 18.3 Å². The van der Waals surface area contributed by atoms with E-state index in [0.717, 1.165) is 6.07 Å². The normalized spacial score (nSPS) is 10.0. The van der Waals surface area contributed by atoms with E-state index in [-0.39, 0.29) is 11.3 Å². The molecule has 0 saturated carbocycles. The number of hydrogen-bond acceptors (Lipinski definition) is 2. The van der Waals surface area contributed by atoms with Gasteiger partial charge in [-0.1, -0.05) is 0 Å². The van der Waals surface area contributed by atoms with E-state index in [1.54, 1.807) is 0 Å². The number of carbonyl (C=O) groups is 1. The van der Waals surface area contributed by atoms with Gasteiger partial charge in [0.1, 0.15) is 22.9 Å². The SMILES string of the molecule is COc1cc(F)c(C(N)=O)c(F)c1C. The first kappa shape index (κ1) is 10.4. The van der Waals surface area contributed by atoms with Crippen LogP contribution < -0.4 is 10.5 Å². The van der Waals surface area contributed by atoms with Gasteiger partial charge in [-0.25, -0.2) is 8.78 Å². The van der Waals surface area contributed by atoms with Crippen LogP contribution in [-0.2, 0) is 0 Å². The molecule has 1 aromatic carbocycles. The van der Waals surface area contributed by atoms with E-state index in [2.05, 4.69) is 0 Å². The first-order valence-corrected chi connectivity index (χ1v) is 3.81. The maximum absolute atomic E-state index is 13.3. The van der Waals surface area contributed by atoms with Crippen LogP contribution in [0.25, 0.3) is 0 Å². The second-order valence-corrected chi connectivity index (χ2v) is 2.74. The van der Waals surface area contributed by atoms with Crippen LogP contribution in [0.15, 0.2) is 6.07 Å². The van der Waals surface area contributed by atoms with Crippen LogP contribution in [0.4, 0.5) is 8.78 Å². The average molecular weight is 201 g/mol. The zero-order chi connectivity index (χ0) is 10.9. The Morgan fingerprint density at radius 1 is 1.50 bits per heavy atom. The number of benzene rings is 1. The number of primary amides is 1. The summed E-state index contributed by atoms with van der Waals surface area (Å²) in [5.74, 6) is -3.08. The molecule has 0 aliphatic rings. The van der Waals surface area contributed by atoms with Gasteiger partial charge in [0.25, 0.3) is 5.91 Å². The lowest BCUT2D eigenvalue weighted by molar-refractivity contribution is 0.0992. The van der Waals surface area contributed by atoms with Crippen molar-refractivity contribution in [3.63, 3.8) is 0 Å². The maximum atomic E-state index is 13.3. The van der Waals surface area contributed by atoms with Gasteiger partial charge in [-0.2, -0.15) is 0 Å². The Hall–Kier alpha value is -1.65. The lowest BCUT2D eigenvalue weighted by Gasteiger charge is -2.08. The second-order valence-electron chi connectivity index (χ2n) is 2.74. The van der Waals surface area contributed by atoms with Crippen LogP contribution in [0.5, 0.6) is 5.75 Å². The first-order valence-electron chi connectivity index (χ1n) is 3.81. The van der Waals surface area contributed by atoms with Crippen LogP contribution in [0.3, 0.4) is 0 Å². The molecular formula is C9H9F2NO2. The van der Waals surface area contributed by atoms with Gasteiger partial charge in [-0.05, 0) is 6.92 Å². The Bertz CT molecular complexity index is 391. The summed E-state index contributed by atoms with van der Waals surface area (Å²) in [5, 5.41) is 0. The van der Waals surface area contributed by atoms with E-state index >= 15 is 0 Å². The standard InChI is InChI=1S/C9H9F2NO2/c1-4-6(14-2)3-5(10)7(8(4)11)9(12)13/h3H,1-2H3,(H2,12,13). The number of nitrogens with two attached hydrogens (primary N) is 1. The summed E-state index contributed by atoms with van der Waals surface area (Å²) < 4.78 is 31.2. The van der Waals surface area contributed by atoms with Gasteiger partial charge in [0.15, 0.2) is 0 Å². The van der Waals surface area contributed by atoms with Crippen molar-refractivity contribution in [1.29, 1.82) is 0 Å². The molecule has 0 unspecified atom stereocenters. The Kier molecular flexibility index (Phi) is 2.69. The van der Waals surface area contributed by atoms with Crippen molar-refractivity contribution in [2.75, 3.05) is 7.11 Å². The maximum Gasteiger partial charge on any atom is 0.254 e. The predicted molar refractivity (Wildman–Crippen MR) is 46.2 cm³/mol. The summed E-state index contributed by atoms with van der Waals surface area (Å²) in [6.07, 6.45) is 0. The number of hydrogen-bond donors (Lipinski definition) is 1. The van der Waals surface area contributed by atoms with E-state index in [1.165, 1.54) is 14.0 Å². The molecule has 0 saturated heterocycles. The minimum atomic E-state index is -1.13. The van der Waals surface area contributed by atoms with Crippen LogP contribution in [0.1, 0.15) is 15.9 Å². The summed E-state index contributed by atoms with van der Waals surface area (Å²) in [5.41, 5.74) is 4.14. The molecule has 0 aliphatic heterocycles. The highest BCUT2D eigenvalue weighted by Gasteiger charge is 2.19. The van der Waals surface area contributed by atoms with Gasteiger partial charge in [0.05, 0.1) is 7.11 Å². The molecule has 0 heterocycles. The Labute approximate surface area is 79.5 Å². The predicted octanol–water partition coefficient (Wildman–Crippen LogP) is 1.38. The Balaban J connectivity index is 3.49. The number of carbonyl (C=O) groups excluding carboxylic acids is 1. The third-order valence-corrected chi connectivity index (χ3v) is 1.88. The molecule has 5 heteroatoms. The highest BCUT2D eigenvalue weighted by molar-refractivity contribution is 5.93. The monoisotopic (exact) mass is 201 g/mol. The van der Waals surface area contributed by atoms with Crippen molar-refractivity contribution >= 4 is 5.91 Å². The van der Waals surface area contributed by atoms with E-state index in [4.69, 9.17) is 10.5 Å². The molecule has 0 spiro atoms. The molecule has 0 bridgehead atoms. The summed E-state index contributed by atoms with van der Waals surface area (Å²) in [6, 6.07) is 0.929. The van der Waals surface area contributed by atoms with Crippen molar-refractivity contribution in [2.24, 2.45) is 5.73 Å². The zero-order valence-corrected chi connectivity index (χ0v) is 7.73. The molecule has 2 N–H and O–H groups in total. The van der Waals surface area contributed by atoms with Gasteiger partial charge < -0.3 is 10.5 Å². The molecule has 1 amide bonds. The van der Waals surface area contributed by atoms with E-state index in [1.807, 2.05) is 0 Å². The number of methoxy groups -OCH3 is 1. The molecule has 76 valence electrons. The lowest BCUT2D eigenvalue weighted by Crippen LogP contribution is -2.16. The molecule has 0 fully saturated rings. The van der Waals surface area contributed by atoms with Gasteiger partial charge in [0.2, 0.25) is 0 Å². The van der Waals surface area contributed by atoms with Crippen molar-refractivity contribution in [3.05, 3.63) is 28.8 Å². The first-order chi connectivity index (χ1) is 6.49. The largest absolute Gasteiger partial charge is 0.496 e. The van der Waals surface area contributed by atoms with Crippen molar-refractivity contribution in [1.82, 2.24) is 0 Å². The number of halogens is 2. The average Bonchev–Trinajstić information content (AvgIpc) is 2.10. The molecule has 1 rings (SSSR count). The van der Waals surface area contributed by atoms with E-state index in [9.17, 15) is 13.6 Å². The molecule has 0 radical (unpaired) electrons. The fourth-order valence-corrected chi connectivity index (χ4v) is 1.13. The summed E-state index contributed by atoms with van der Waals surface area (Å²) >= 11 is 0. The van der Waals surface area contributed by atoms with Crippen LogP contribution in [0, 0.1) is 18.6 Å². The third kappa shape index (κ3) is 1.53. The zero-order valence-electron chi connectivity index (χ0n) is 7.73. The molecule has 0 atom stereocenters. The summed E-state index contributed by atoms with van der Waals surface area (Å²) in [6.45, 7) is 1.38. The third-order valence-electron chi connectivity index (χ3n) is 1.88. The van der Waals surface area contributed by atoms with E-state index < -0.39 is 23.1 Å². The highest BCUT2D eigenvalue weighted by Crippen LogP contribution is 2.25. The summed E-state index contributed by atoms with van der Waals surface area (Å²) in [7, 11) is 1.28. The fraction of sp³-hybridized carbons (Fsp3) is 0.222. The molecule has 1 aromatic rings. The Morgan fingerprint density at radius 3 is 2.50 bits per heavy atom. The molecule has 3 nitrogen and oxygen atoms in total. The van der Waals surface area contributed by atoms with Gasteiger partial charge in [-0.15, -0.1) is 0 Å². The number of rotatable bonds is 2. The van der Waals surface area contributed by atoms with E-state index in [0.29, 0.717) is 0 Å². The molecule has 0 aromatic heterocycles. The molecular weight excluding hydrogens is 192 g/mol. The van der Waals surface area contributed by atoms with Crippen molar-refractivity contribution in [3.8, 4) is 5.75 Å². The van der Waals surface area contributed by atoms with Crippen LogP contribution >= 0.6 is 0 Å². The van der Waals surface area contributed by atoms with Crippen LogP contribution in [-0.4, -0.2) is 13.0 Å². The number of ether oxygens (including phenoxy) is 1. The Morgan fingerprint density at radius 2 is 2.07 bits per heavy atom. The summed E-state index contributed by atoms with van der Waals surface area (Å²) in [4.78, 5) is 10.7. The van der Waals surface area contributed by atoms with Gasteiger partial charge >= 0.3 is 0 Å². The quantitative estimate of drug-likeness (QED) is 0.785. The smallest absolute Gasteiger partial charge is 0.254 e. The molecule has 0 aliphatic carbocycles. The van der Waals surface area contributed by atoms with Crippen molar-refractivity contribution in [2.45, 2.75) is 6.92 Å². The topological polar surface area (TPSA) is 52.3 Å². The second kappa shape index (κ2) is 3.61. The number of amides is 1. The van der Waals surface area contributed by atoms with Crippen LogP contribution in [0.2, 0.25) is 0 Å². The lowest BCUT2D eigenvalue weighted by atomic mass is 10.1. The van der Waals surface area contributed by atoms with Gasteiger partial charge in [0, 0.05) is 11.6 Å². The minimum absolute atomic E-state index is 0.0463. The minimum Gasteiger partial charge on any atom is -0.496 e.